The third-order valence-corrected chi connectivity index (χ3v) is 5.24. The SMILES string of the molecule is CN(C)CCNC(=O)c1cc2cn(C3CCCC3)cc2s1. The highest BCUT2D eigenvalue weighted by atomic mass is 32.1. The lowest BCUT2D eigenvalue weighted by Gasteiger charge is -2.10. The number of hydrogen-bond acceptors (Lipinski definition) is 3. The predicted octanol–water partition coefficient (Wildman–Crippen LogP) is 3.11. The first kappa shape index (κ1) is 14.6. The van der Waals surface area contributed by atoms with Crippen molar-refractivity contribution in [2.24, 2.45) is 0 Å². The Hall–Kier alpha value is -1.33. The van der Waals surface area contributed by atoms with Crippen LogP contribution in [0, 0.1) is 0 Å². The van der Waals surface area contributed by atoms with E-state index in [9.17, 15) is 4.79 Å². The van der Waals surface area contributed by atoms with Crippen molar-refractivity contribution >= 4 is 27.3 Å². The smallest absolute Gasteiger partial charge is 0.261 e. The van der Waals surface area contributed by atoms with Crippen molar-refractivity contribution in [3.05, 3.63) is 23.3 Å². The van der Waals surface area contributed by atoms with Gasteiger partial charge in [0.2, 0.25) is 0 Å². The second-order valence-corrected chi connectivity index (χ2v) is 7.22. The first-order valence-electron chi connectivity index (χ1n) is 7.67. The summed E-state index contributed by atoms with van der Waals surface area (Å²) in [5.41, 5.74) is 0. The zero-order valence-electron chi connectivity index (χ0n) is 12.8. The second kappa shape index (κ2) is 6.20. The van der Waals surface area contributed by atoms with E-state index < -0.39 is 0 Å². The standard InChI is InChI=1S/C16H23N3OS/c1-18(2)8-7-17-16(20)14-9-12-10-19(11-15(12)21-14)13-5-3-4-6-13/h9-11,13H,3-8H2,1-2H3,(H,17,20). The molecule has 0 bridgehead atoms. The normalized spacial score (nSPS) is 16.1. The van der Waals surface area contributed by atoms with E-state index >= 15 is 0 Å². The van der Waals surface area contributed by atoms with Crippen molar-refractivity contribution in [2.45, 2.75) is 31.7 Å². The molecule has 114 valence electrons. The highest BCUT2D eigenvalue weighted by Crippen LogP contribution is 2.34. The van der Waals surface area contributed by atoms with Crippen LogP contribution in [0.4, 0.5) is 0 Å². The lowest BCUT2D eigenvalue weighted by atomic mass is 10.2. The topological polar surface area (TPSA) is 37.3 Å². The minimum atomic E-state index is 0.0467. The van der Waals surface area contributed by atoms with Crippen LogP contribution in [-0.2, 0) is 0 Å². The number of nitrogens with zero attached hydrogens (tertiary/aromatic N) is 2. The molecule has 5 heteroatoms. The molecule has 21 heavy (non-hydrogen) atoms. The summed E-state index contributed by atoms with van der Waals surface area (Å²) in [5.74, 6) is 0.0467. The van der Waals surface area contributed by atoms with Gasteiger partial charge >= 0.3 is 0 Å². The van der Waals surface area contributed by atoms with Gasteiger partial charge in [0.1, 0.15) is 0 Å². The number of aromatic nitrogens is 1. The van der Waals surface area contributed by atoms with Crippen LogP contribution >= 0.6 is 11.3 Å². The van der Waals surface area contributed by atoms with Crippen LogP contribution in [0.5, 0.6) is 0 Å². The molecule has 2 heterocycles. The van der Waals surface area contributed by atoms with Gasteiger partial charge in [-0.2, -0.15) is 0 Å². The Morgan fingerprint density at radius 1 is 1.38 bits per heavy atom. The van der Waals surface area contributed by atoms with E-state index in [2.05, 4.69) is 27.2 Å². The number of nitrogens with one attached hydrogen (secondary N) is 1. The van der Waals surface area contributed by atoms with Gasteiger partial charge in [-0.05, 0) is 33.0 Å². The van der Waals surface area contributed by atoms with Gasteiger partial charge in [0, 0.05) is 36.9 Å². The summed E-state index contributed by atoms with van der Waals surface area (Å²) in [7, 11) is 4.01. The molecule has 0 aromatic carbocycles. The van der Waals surface area contributed by atoms with Gasteiger partial charge in [-0.3, -0.25) is 4.79 Å². The first-order valence-corrected chi connectivity index (χ1v) is 8.49. The molecule has 1 aliphatic rings. The van der Waals surface area contributed by atoms with Gasteiger partial charge in [-0.15, -0.1) is 11.3 Å². The molecule has 0 unspecified atom stereocenters. The average Bonchev–Trinajstić information content (AvgIpc) is 3.12. The van der Waals surface area contributed by atoms with Gasteiger partial charge in [-0.25, -0.2) is 0 Å². The van der Waals surface area contributed by atoms with Crippen molar-refractivity contribution < 1.29 is 4.79 Å². The molecular formula is C16H23N3OS. The Balaban J connectivity index is 1.67. The summed E-state index contributed by atoms with van der Waals surface area (Å²) in [6.45, 7) is 1.56. The van der Waals surface area contributed by atoms with Crippen LogP contribution in [-0.4, -0.2) is 42.6 Å². The fourth-order valence-corrected chi connectivity index (χ4v) is 3.95. The summed E-state index contributed by atoms with van der Waals surface area (Å²) in [6, 6.07) is 2.69. The number of fused-ring (bicyclic) bond motifs is 1. The molecule has 1 N–H and O–H groups in total. The third-order valence-electron chi connectivity index (χ3n) is 4.16. The predicted molar refractivity (Wildman–Crippen MR) is 88.2 cm³/mol. The molecule has 1 saturated carbocycles. The monoisotopic (exact) mass is 305 g/mol. The van der Waals surface area contributed by atoms with Gasteiger partial charge in [-0.1, -0.05) is 12.8 Å². The van der Waals surface area contributed by atoms with Crippen LogP contribution in [0.15, 0.2) is 18.5 Å². The second-order valence-electron chi connectivity index (χ2n) is 6.13. The van der Waals surface area contributed by atoms with E-state index in [0.717, 1.165) is 11.4 Å². The van der Waals surface area contributed by atoms with Gasteiger partial charge in [0.15, 0.2) is 0 Å². The molecule has 4 nitrogen and oxygen atoms in total. The Bertz CT molecular complexity index is 591. The van der Waals surface area contributed by atoms with Gasteiger partial charge < -0.3 is 14.8 Å². The minimum absolute atomic E-state index is 0.0467. The van der Waals surface area contributed by atoms with E-state index in [4.69, 9.17) is 0 Å². The van der Waals surface area contributed by atoms with E-state index in [0.29, 0.717) is 12.6 Å². The van der Waals surface area contributed by atoms with E-state index in [1.807, 2.05) is 20.2 Å². The Morgan fingerprint density at radius 2 is 2.14 bits per heavy atom. The summed E-state index contributed by atoms with van der Waals surface area (Å²) in [6.07, 6.45) is 9.69. The zero-order chi connectivity index (χ0) is 14.8. The van der Waals surface area contributed by atoms with Gasteiger partial charge in [0.05, 0.1) is 9.58 Å². The number of likely N-dealkylation sites (N-methyl/N-ethyl adjacent to an activating group) is 1. The lowest BCUT2D eigenvalue weighted by Crippen LogP contribution is -2.30. The average molecular weight is 305 g/mol. The molecule has 2 aromatic heterocycles. The maximum absolute atomic E-state index is 12.1. The van der Waals surface area contributed by atoms with Crippen LogP contribution in [0.25, 0.3) is 10.1 Å². The number of amides is 1. The van der Waals surface area contributed by atoms with Crippen molar-refractivity contribution in [1.29, 1.82) is 0 Å². The fourth-order valence-electron chi connectivity index (χ4n) is 2.96. The van der Waals surface area contributed by atoms with E-state index in [1.54, 1.807) is 11.3 Å². The number of thiophene rings is 1. The third kappa shape index (κ3) is 3.30. The molecule has 1 fully saturated rings. The van der Waals surface area contributed by atoms with Crippen LogP contribution < -0.4 is 5.32 Å². The lowest BCUT2D eigenvalue weighted by molar-refractivity contribution is 0.0955. The number of carbonyl (C=O) groups excluding carboxylic acids is 1. The Morgan fingerprint density at radius 3 is 2.81 bits per heavy atom. The molecule has 2 aromatic rings. The number of rotatable bonds is 5. The first-order chi connectivity index (χ1) is 10.1. The summed E-state index contributed by atoms with van der Waals surface area (Å²) in [4.78, 5) is 15.0. The van der Waals surface area contributed by atoms with Crippen LogP contribution in [0.1, 0.15) is 41.4 Å². The highest BCUT2D eigenvalue weighted by Gasteiger charge is 2.18. The van der Waals surface area contributed by atoms with Crippen molar-refractivity contribution in [3.8, 4) is 0 Å². The summed E-state index contributed by atoms with van der Waals surface area (Å²) < 4.78 is 3.57. The van der Waals surface area contributed by atoms with Crippen molar-refractivity contribution in [1.82, 2.24) is 14.8 Å². The number of hydrogen-bond donors (Lipinski definition) is 1. The van der Waals surface area contributed by atoms with Crippen molar-refractivity contribution in [2.75, 3.05) is 27.2 Å². The molecular weight excluding hydrogens is 282 g/mol. The van der Waals surface area contributed by atoms with Crippen molar-refractivity contribution in [3.63, 3.8) is 0 Å². The highest BCUT2D eigenvalue weighted by molar-refractivity contribution is 7.20. The number of carbonyl (C=O) groups is 1. The zero-order valence-corrected chi connectivity index (χ0v) is 13.6. The summed E-state index contributed by atoms with van der Waals surface area (Å²) >= 11 is 1.60. The molecule has 3 rings (SSSR count). The molecule has 0 saturated heterocycles. The molecule has 0 radical (unpaired) electrons. The van der Waals surface area contributed by atoms with E-state index in [1.165, 1.54) is 35.8 Å². The largest absolute Gasteiger partial charge is 0.350 e. The quantitative estimate of drug-likeness (QED) is 0.921. The van der Waals surface area contributed by atoms with Gasteiger partial charge in [0.25, 0.3) is 5.91 Å². The fraction of sp³-hybridized carbons (Fsp3) is 0.562. The summed E-state index contributed by atoms with van der Waals surface area (Å²) in [5, 5.41) is 4.17. The Labute approximate surface area is 129 Å². The minimum Gasteiger partial charge on any atom is -0.350 e. The van der Waals surface area contributed by atoms with Crippen LogP contribution in [0.2, 0.25) is 0 Å². The van der Waals surface area contributed by atoms with Crippen LogP contribution in [0.3, 0.4) is 0 Å². The molecule has 1 amide bonds. The Kier molecular flexibility index (Phi) is 4.31. The maximum atomic E-state index is 12.1. The molecule has 0 spiro atoms. The maximum Gasteiger partial charge on any atom is 0.261 e. The molecule has 0 aliphatic heterocycles. The molecule has 0 atom stereocenters. The molecule has 1 aliphatic carbocycles. The van der Waals surface area contributed by atoms with E-state index in [-0.39, 0.29) is 5.91 Å².